The van der Waals surface area contributed by atoms with Gasteiger partial charge in [0.2, 0.25) is 5.91 Å². The second-order valence-electron chi connectivity index (χ2n) is 5.15. The Kier molecular flexibility index (Phi) is 4.46. The Morgan fingerprint density at radius 3 is 2.86 bits per heavy atom. The van der Waals surface area contributed by atoms with Gasteiger partial charge in [0.1, 0.15) is 0 Å². The Morgan fingerprint density at radius 1 is 1.23 bits per heavy atom. The van der Waals surface area contributed by atoms with Crippen LogP contribution < -0.4 is 11.1 Å². The van der Waals surface area contributed by atoms with Crippen molar-refractivity contribution in [3.05, 3.63) is 59.6 Å². The number of benzene rings is 2. The van der Waals surface area contributed by atoms with Crippen molar-refractivity contribution in [1.82, 2.24) is 4.98 Å². The number of thiazole rings is 1. The molecule has 3 rings (SSSR count). The molecule has 0 bridgehead atoms. The first-order valence-corrected chi connectivity index (χ1v) is 8.04. The van der Waals surface area contributed by atoms with Gasteiger partial charge in [-0.1, -0.05) is 30.3 Å². The summed E-state index contributed by atoms with van der Waals surface area (Å²) in [5.74, 6) is -0.153. The summed E-state index contributed by atoms with van der Waals surface area (Å²) in [6.45, 7) is 0. The molecule has 4 nitrogen and oxygen atoms in total. The third kappa shape index (κ3) is 3.50. The van der Waals surface area contributed by atoms with Gasteiger partial charge in [0.05, 0.1) is 21.8 Å². The lowest BCUT2D eigenvalue weighted by molar-refractivity contribution is -0.117. The lowest BCUT2D eigenvalue weighted by Gasteiger charge is -2.12. The number of amides is 1. The van der Waals surface area contributed by atoms with Crippen LogP contribution in [0.15, 0.2) is 54.0 Å². The number of carbonyl (C=O) groups excluding carboxylic acids is 1. The molecular weight excluding hydrogens is 294 g/mol. The number of aryl methyl sites for hydroxylation is 1. The highest BCUT2D eigenvalue weighted by molar-refractivity contribution is 7.16. The van der Waals surface area contributed by atoms with Crippen molar-refractivity contribution in [2.24, 2.45) is 5.73 Å². The number of aromatic nitrogens is 1. The average molecular weight is 311 g/mol. The van der Waals surface area contributed by atoms with Crippen LogP contribution >= 0.6 is 11.3 Å². The Hall–Kier alpha value is -2.24. The molecule has 0 unspecified atom stereocenters. The van der Waals surface area contributed by atoms with E-state index in [0.29, 0.717) is 6.42 Å². The molecule has 22 heavy (non-hydrogen) atoms. The first-order valence-electron chi connectivity index (χ1n) is 7.16. The maximum absolute atomic E-state index is 12.2. The number of carbonyl (C=O) groups is 1. The number of nitrogens with zero attached hydrogens (tertiary/aromatic N) is 1. The zero-order chi connectivity index (χ0) is 15.4. The lowest BCUT2D eigenvalue weighted by Crippen LogP contribution is -2.36. The summed E-state index contributed by atoms with van der Waals surface area (Å²) >= 11 is 1.55. The van der Waals surface area contributed by atoms with Crippen LogP contribution in [0, 0.1) is 0 Å². The molecule has 0 saturated heterocycles. The molecule has 0 aliphatic carbocycles. The Balaban J connectivity index is 1.58. The van der Waals surface area contributed by atoms with Crippen LogP contribution in [0.3, 0.4) is 0 Å². The SMILES string of the molecule is N[C@H](CCc1ccccc1)C(=O)Nc1ccc2ncsc2c1. The molecule has 5 heteroatoms. The van der Waals surface area contributed by atoms with Crippen molar-refractivity contribution in [2.75, 3.05) is 5.32 Å². The first kappa shape index (κ1) is 14.7. The maximum atomic E-state index is 12.2. The summed E-state index contributed by atoms with van der Waals surface area (Å²) in [6.07, 6.45) is 1.42. The van der Waals surface area contributed by atoms with Crippen LogP contribution in [-0.2, 0) is 11.2 Å². The Bertz CT molecular complexity index is 770. The van der Waals surface area contributed by atoms with Gasteiger partial charge in [-0.25, -0.2) is 4.98 Å². The molecule has 0 aliphatic heterocycles. The predicted octanol–water partition coefficient (Wildman–Crippen LogP) is 3.19. The lowest BCUT2D eigenvalue weighted by atomic mass is 10.1. The van der Waals surface area contributed by atoms with Crippen molar-refractivity contribution >= 4 is 33.1 Å². The minimum absolute atomic E-state index is 0.153. The summed E-state index contributed by atoms with van der Waals surface area (Å²) in [6, 6.07) is 15.2. The van der Waals surface area contributed by atoms with E-state index in [2.05, 4.69) is 10.3 Å². The summed E-state index contributed by atoms with van der Waals surface area (Å²) < 4.78 is 1.05. The predicted molar refractivity (Wildman–Crippen MR) is 91.0 cm³/mol. The highest BCUT2D eigenvalue weighted by atomic mass is 32.1. The van der Waals surface area contributed by atoms with Crippen molar-refractivity contribution in [3.8, 4) is 0 Å². The van der Waals surface area contributed by atoms with Crippen LogP contribution in [0.2, 0.25) is 0 Å². The van der Waals surface area contributed by atoms with Gasteiger partial charge in [0.15, 0.2) is 0 Å². The fourth-order valence-electron chi connectivity index (χ4n) is 2.27. The summed E-state index contributed by atoms with van der Waals surface area (Å²) in [5, 5.41) is 2.87. The molecule has 3 N–H and O–H groups in total. The Morgan fingerprint density at radius 2 is 2.05 bits per heavy atom. The zero-order valence-electron chi connectivity index (χ0n) is 12.0. The summed E-state index contributed by atoms with van der Waals surface area (Å²) in [4.78, 5) is 16.4. The molecule has 0 aliphatic rings. The number of hydrogen-bond acceptors (Lipinski definition) is 4. The van der Waals surface area contributed by atoms with Crippen LogP contribution in [-0.4, -0.2) is 16.9 Å². The molecule has 2 aromatic carbocycles. The minimum Gasteiger partial charge on any atom is -0.325 e. The Labute approximate surface area is 133 Å². The number of fused-ring (bicyclic) bond motifs is 1. The quantitative estimate of drug-likeness (QED) is 0.760. The van der Waals surface area contributed by atoms with E-state index in [1.165, 1.54) is 5.56 Å². The van der Waals surface area contributed by atoms with Crippen LogP contribution in [0.1, 0.15) is 12.0 Å². The van der Waals surface area contributed by atoms with Gasteiger partial charge >= 0.3 is 0 Å². The van der Waals surface area contributed by atoms with Gasteiger partial charge < -0.3 is 11.1 Å². The molecule has 1 atom stereocenters. The third-order valence-electron chi connectivity index (χ3n) is 3.52. The summed E-state index contributed by atoms with van der Waals surface area (Å²) in [7, 11) is 0. The van der Waals surface area contributed by atoms with Crippen LogP contribution in [0.5, 0.6) is 0 Å². The van der Waals surface area contributed by atoms with Gasteiger partial charge in [-0.05, 0) is 36.6 Å². The van der Waals surface area contributed by atoms with Gasteiger partial charge in [-0.15, -0.1) is 11.3 Å². The third-order valence-corrected chi connectivity index (χ3v) is 4.31. The molecule has 1 heterocycles. The smallest absolute Gasteiger partial charge is 0.241 e. The van der Waals surface area contributed by atoms with E-state index >= 15 is 0 Å². The molecule has 0 spiro atoms. The number of anilines is 1. The van der Waals surface area contributed by atoms with Gasteiger partial charge in [-0.3, -0.25) is 4.79 Å². The minimum atomic E-state index is -0.516. The van der Waals surface area contributed by atoms with E-state index in [1.54, 1.807) is 16.8 Å². The standard InChI is InChI=1S/C17H17N3OS/c18-14(8-6-12-4-2-1-3-5-12)17(21)20-13-7-9-15-16(10-13)22-11-19-15/h1-5,7,9-11,14H,6,8,18H2,(H,20,21)/t14-/m1/s1. The first-order chi connectivity index (χ1) is 10.7. The number of nitrogens with two attached hydrogens (primary N) is 1. The van der Waals surface area contributed by atoms with Crippen molar-refractivity contribution in [3.63, 3.8) is 0 Å². The number of nitrogens with one attached hydrogen (secondary N) is 1. The fourth-order valence-corrected chi connectivity index (χ4v) is 2.98. The molecule has 1 amide bonds. The number of hydrogen-bond donors (Lipinski definition) is 2. The van der Waals surface area contributed by atoms with E-state index in [0.717, 1.165) is 22.3 Å². The molecule has 0 saturated carbocycles. The topological polar surface area (TPSA) is 68.0 Å². The molecule has 0 radical (unpaired) electrons. The summed E-state index contributed by atoms with van der Waals surface area (Å²) in [5.41, 5.74) is 10.7. The van der Waals surface area contributed by atoms with Crippen LogP contribution in [0.25, 0.3) is 10.2 Å². The van der Waals surface area contributed by atoms with Crippen molar-refractivity contribution in [1.29, 1.82) is 0 Å². The monoisotopic (exact) mass is 311 g/mol. The molecule has 3 aromatic rings. The molecular formula is C17H17N3OS. The van der Waals surface area contributed by atoms with E-state index in [-0.39, 0.29) is 5.91 Å². The molecule has 112 valence electrons. The second kappa shape index (κ2) is 6.68. The average Bonchev–Trinajstić information content (AvgIpc) is 3.01. The van der Waals surface area contributed by atoms with Gasteiger partial charge in [0.25, 0.3) is 0 Å². The van der Waals surface area contributed by atoms with Crippen molar-refractivity contribution in [2.45, 2.75) is 18.9 Å². The maximum Gasteiger partial charge on any atom is 0.241 e. The van der Waals surface area contributed by atoms with E-state index in [4.69, 9.17) is 5.73 Å². The van der Waals surface area contributed by atoms with E-state index < -0.39 is 6.04 Å². The largest absolute Gasteiger partial charge is 0.325 e. The zero-order valence-corrected chi connectivity index (χ0v) is 12.8. The highest BCUT2D eigenvalue weighted by Gasteiger charge is 2.14. The van der Waals surface area contributed by atoms with Crippen LogP contribution in [0.4, 0.5) is 5.69 Å². The van der Waals surface area contributed by atoms with E-state index in [9.17, 15) is 4.79 Å². The van der Waals surface area contributed by atoms with E-state index in [1.807, 2.05) is 48.5 Å². The highest BCUT2D eigenvalue weighted by Crippen LogP contribution is 2.21. The molecule has 1 aromatic heterocycles. The van der Waals surface area contributed by atoms with Crippen molar-refractivity contribution < 1.29 is 4.79 Å². The normalized spacial score (nSPS) is 12.2. The molecule has 0 fully saturated rings. The number of rotatable bonds is 5. The second-order valence-corrected chi connectivity index (χ2v) is 6.04. The van der Waals surface area contributed by atoms with Gasteiger partial charge in [-0.2, -0.15) is 0 Å². The fraction of sp³-hybridized carbons (Fsp3) is 0.176. The van der Waals surface area contributed by atoms with Gasteiger partial charge in [0, 0.05) is 5.69 Å².